The molecule has 1 aliphatic heterocycles. The first kappa shape index (κ1) is 11.8. The minimum atomic E-state index is 0.474. The lowest BCUT2D eigenvalue weighted by Crippen LogP contribution is -2.45. The Hall–Kier alpha value is -1.32. The Morgan fingerprint density at radius 2 is 2.06 bits per heavy atom. The number of nitrogens with zero attached hydrogens (tertiary/aromatic N) is 1. The average molecular weight is 258 g/mol. The third-order valence-corrected chi connectivity index (χ3v) is 4.45. The number of aryl methyl sites for hydroxylation is 1. The van der Waals surface area contributed by atoms with E-state index in [1.807, 2.05) is 11.3 Å². The number of piperazine rings is 1. The highest BCUT2D eigenvalue weighted by molar-refractivity contribution is 7.10. The van der Waals surface area contributed by atoms with Crippen molar-refractivity contribution in [3.05, 3.63) is 52.2 Å². The molecule has 1 aromatic heterocycles. The van der Waals surface area contributed by atoms with Crippen molar-refractivity contribution >= 4 is 17.0 Å². The zero-order valence-corrected chi connectivity index (χ0v) is 11.4. The van der Waals surface area contributed by atoms with Crippen molar-refractivity contribution in [1.82, 2.24) is 5.32 Å². The second-order valence-electron chi connectivity index (χ2n) is 4.76. The van der Waals surface area contributed by atoms with Crippen LogP contribution in [0.25, 0.3) is 0 Å². The van der Waals surface area contributed by atoms with Gasteiger partial charge >= 0.3 is 0 Å². The van der Waals surface area contributed by atoms with E-state index in [1.165, 1.54) is 16.1 Å². The quantitative estimate of drug-likeness (QED) is 0.890. The maximum absolute atomic E-state index is 3.50. The fourth-order valence-corrected chi connectivity index (χ4v) is 3.32. The van der Waals surface area contributed by atoms with Crippen LogP contribution in [-0.4, -0.2) is 19.6 Å². The standard InChI is InChI=1S/C15H18N2S/c1-12-4-6-13(7-5-12)17-9-8-16-11-14(17)15-3-2-10-18-15/h2-7,10,14,16H,8-9,11H2,1H3. The second kappa shape index (κ2) is 5.12. The van der Waals surface area contributed by atoms with Gasteiger partial charge in [-0.05, 0) is 30.5 Å². The van der Waals surface area contributed by atoms with Crippen LogP contribution in [0.5, 0.6) is 0 Å². The molecule has 1 atom stereocenters. The van der Waals surface area contributed by atoms with E-state index in [1.54, 1.807) is 0 Å². The zero-order chi connectivity index (χ0) is 12.4. The predicted octanol–water partition coefficient (Wildman–Crippen LogP) is 3.21. The Morgan fingerprint density at radius 3 is 2.78 bits per heavy atom. The maximum Gasteiger partial charge on any atom is 0.0759 e. The molecule has 0 aliphatic carbocycles. The Kier molecular flexibility index (Phi) is 3.35. The van der Waals surface area contributed by atoms with E-state index in [2.05, 4.69) is 58.9 Å². The summed E-state index contributed by atoms with van der Waals surface area (Å²) >= 11 is 1.85. The van der Waals surface area contributed by atoms with Gasteiger partial charge in [0, 0.05) is 30.2 Å². The largest absolute Gasteiger partial charge is 0.361 e. The van der Waals surface area contributed by atoms with Crippen molar-refractivity contribution in [2.75, 3.05) is 24.5 Å². The molecule has 1 aliphatic rings. The molecule has 1 unspecified atom stereocenters. The lowest BCUT2D eigenvalue weighted by Gasteiger charge is -2.37. The van der Waals surface area contributed by atoms with E-state index in [4.69, 9.17) is 0 Å². The molecule has 1 aromatic carbocycles. The van der Waals surface area contributed by atoms with Crippen LogP contribution < -0.4 is 10.2 Å². The van der Waals surface area contributed by atoms with E-state index in [0.717, 1.165) is 19.6 Å². The molecule has 0 amide bonds. The Labute approximate surface area is 112 Å². The van der Waals surface area contributed by atoms with Gasteiger partial charge in [-0.1, -0.05) is 23.8 Å². The van der Waals surface area contributed by atoms with E-state index < -0.39 is 0 Å². The van der Waals surface area contributed by atoms with Crippen molar-refractivity contribution in [1.29, 1.82) is 0 Å². The predicted molar refractivity (Wildman–Crippen MR) is 78.5 cm³/mol. The average Bonchev–Trinajstić information content (AvgIpc) is 2.93. The molecule has 94 valence electrons. The number of thiophene rings is 1. The van der Waals surface area contributed by atoms with E-state index in [-0.39, 0.29) is 0 Å². The zero-order valence-electron chi connectivity index (χ0n) is 10.6. The Morgan fingerprint density at radius 1 is 1.22 bits per heavy atom. The first-order valence-corrected chi connectivity index (χ1v) is 7.30. The van der Waals surface area contributed by atoms with Crippen LogP contribution >= 0.6 is 11.3 Å². The van der Waals surface area contributed by atoms with Crippen molar-refractivity contribution < 1.29 is 0 Å². The molecule has 2 aromatic rings. The summed E-state index contributed by atoms with van der Waals surface area (Å²) in [4.78, 5) is 3.96. The smallest absolute Gasteiger partial charge is 0.0759 e. The SMILES string of the molecule is Cc1ccc(N2CCNCC2c2cccs2)cc1. The van der Waals surface area contributed by atoms with Crippen molar-refractivity contribution in [3.63, 3.8) is 0 Å². The summed E-state index contributed by atoms with van der Waals surface area (Å²) < 4.78 is 0. The first-order chi connectivity index (χ1) is 8.84. The summed E-state index contributed by atoms with van der Waals surface area (Å²) in [6, 6.07) is 13.7. The summed E-state index contributed by atoms with van der Waals surface area (Å²) in [5.41, 5.74) is 2.65. The van der Waals surface area contributed by atoms with Crippen LogP contribution in [0, 0.1) is 6.92 Å². The van der Waals surface area contributed by atoms with E-state index in [0.29, 0.717) is 6.04 Å². The van der Waals surface area contributed by atoms with Crippen LogP contribution in [0.4, 0.5) is 5.69 Å². The van der Waals surface area contributed by atoms with Gasteiger partial charge in [-0.25, -0.2) is 0 Å². The molecule has 3 rings (SSSR count). The van der Waals surface area contributed by atoms with Gasteiger partial charge in [0.2, 0.25) is 0 Å². The van der Waals surface area contributed by atoms with Gasteiger partial charge in [0.25, 0.3) is 0 Å². The highest BCUT2D eigenvalue weighted by Crippen LogP contribution is 2.30. The highest BCUT2D eigenvalue weighted by atomic mass is 32.1. The fraction of sp³-hybridized carbons (Fsp3) is 0.333. The van der Waals surface area contributed by atoms with Crippen LogP contribution in [0.15, 0.2) is 41.8 Å². The maximum atomic E-state index is 3.50. The third-order valence-electron chi connectivity index (χ3n) is 3.48. The molecule has 1 saturated heterocycles. The third kappa shape index (κ3) is 2.28. The van der Waals surface area contributed by atoms with Gasteiger partial charge in [-0.3, -0.25) is 0 Å². The Balaban J connectivity index is 1.90. The van der Waals surface area contributed by atoms with Gasteiger partial charge in [0.05, 0.1) is 6.04 Å². The number of hydrogen-bond acceptors (Lipinski definition) is 3. The summed E-state index contributed by atoms with van der Waals surface area (Å²) in [5.74, 6) is 0. The van der Waals surface area contributed by atoms with Crippen molar-refractivity contribution in [2.24, 2.45) is 0 Å². The summed E-state index contributed by atoms with van der Waals surface area (Å²) in [7, 11) is 0. The molecule has 1 fully saturated rings. The highest BCUT2D eigenvalue weighted by Gasteiger charge is 2.24. The van der Waals surface area contributed by atoms with Gasteiger partial charge < -0.3 is 10.2 Å². The van der Waals surface area contributed by atoms with Gasteiger partial charge in [-0.15, -0.1) is 11.3 Å². The second-order valence-corrected chi connectivity index (χ2v) is 5.74. The molecule has 3 heteroatoms. The van der Waals surface area contributed by atoms with Gasteiger partial charge in [-0.2, -0.15) is 0 Å². The molecule has 18 heavy (non-hydrogen) atoms. The molecule has 0 saturated carbocycles. The van der Waals surface area contributed by atoms with Crippen LogP contribution in [0.2, 0.25) is 0 Å². The lowest BCUT2D eigenvalue weighted by molar-refractivity contribution is 0.495. The molecular formula is C15H18N2S. The summed E-state index contributed by atoms with van der Waals surface area (Å²) in [5, 5.41) is 5.66. The molecular weight excluding hydrogens is 240 g/mol. The normalized spacial score (nSPS) is 20.1. The lowest BCUT2D eigenvalue weighted by atomic mass is 10.1. The van der Waals surface area contributed by atoms with E-state index >= 15 is 0 Å². The molecule has 1 N–H and O–H groups in total. The summed E-state index contributed by atoms with van der Waals surface area (Å²) in [6.45, 7) is 5.31. The molecule has 2 nitrogen and oxygen atoms in total. The number of hydrogen-bond donors (Lipinski definition) is 1. The monoisotopic (exact) mass is 258 g/mol. The van der Waals surface area contributed by atoms with Gasteiger partial charge in [0.1, 0.15) is 0 Å². The fourth-order valence-electron chi connectivity index (χ4n) is 2.48. The Bertz CT molecular complexity index is 490. The topological polar surface area (TPSA) is 15.3 Å². The summed E-state index contributed by atoms with van der Waals surface area (Å²) in [6.07, 6.45) is 0. The number of nitrogens with one attached hydrogen (secondary N) is 1. The first-order valence-electron chi connectivity index (χ1n) is 6.42. The van der Waals surface area contributed by atoms with Gasteiger partial charge in [0.15, 0.2) is 0 Å². The van der Waals surface area contributed by atoms with E-state index in [9.17, 15) is 0 Å². The van der Waals surface area contributed by atoms with Crippen LogP contribution in [0.1, 0.15) is 16.5 Å². The van der Waals surface area contributed by atoms with Crippen LogP contribution in [0.3, 0.4) is 0 Å². The van der Waals surface area contributed by atoms with Crippen molar-refractivity contribution in [2.45, 2.75) is 13.0 Å². The minimum Gasteiger partial charge on any atom is -0.361 e. The minimum absolute atomic E-state index is 0.474. The molecule has 2 heterocycles. The number of rotatable bonds is 2. The number of anilines is 1. The van der Waals surface area contributed by atoms with Crippen LogP contribution in [-0.2, 0) is 0 Å². The number of benzene rings is 1. The molecule has 0 radical (unpaired) electrons. The van der Waals surface area contributed by atoms with Crippen molar-refractivity contribution in [3.8, 4) is 0 Å². The molecule has 0 spiro atoms. The molecule has 0 bridgehead atoms.